The Morgan fingerprint density at radius 3 is 2.77 bits per heavy atom. The second-order valence-electron chi connectivity index (χ2n) is 6.25. The molecule has 0 saturated carbocycles. The quantitative estimate of drug-likeness (QED) is 0.868. The monoisotopic (exact) mass is 303 g/mol. The first-order chi connectivity index (χ1) is 10.5. The normalized spacial score (nSPS) is 19.5. The molecule has 2 N–H and O–H groups in total. The zero-order valence-electron chi connectivity index (χ0n) is 12.9. The lowest BCUT2D eigenvalue weighted by Crippen LogP contribution is -2.46. The van der Waals surface area contributed by atoms with Crippen LogP contribution < -0.4 is 10.6 Å². The van der Waals surface area contributed by atoms with Crippen molar-refractivity contribution in [2.45, 2.75) is 25.9 Å². The number of carbonyl (C=O) groups is 2. The Labute approximate surface area is 129 Å². The van der Waals surface area contributed by atoms with E-state index in [9.17, 15) is 9.59 Å². The van der Waals surface area contributed by atoms with Crippen LogP contribution in [0, 0.1) is 0 Å². The molecular formula is C16H21N3O3. The number of hydrogen-bond acceptors (Lipinski definition) is 4. The number of anilines is 1. The highest BCUT2D eigenvalue weighted by molar-refractivity contribution is 6.05. The molecule has 0 bridgehead atoms. The minimum absolute atomic E-state index is 0.00235. The molecule has 2 aliphatic heterocycles. The summed E-state index contributed by atoms with van der Waals surface area (Å²) in [5, 5.41) is 6.07. The Bertz CT molecular complexity index is 607. The van der Waals surface area contributed by atoms with E-state index in [-0.39, 0.29) is 18.6 Å². The van der Waals surface area contributed by atoms with E-state index in [4.69, 9.17) is 4.74 Å². The summed E-state index contributed by atoms with van der Waals surface area (Å²) in [7, 11) is 0. The highest BCUT2D eigenvalue weighted by Crippen LogP contribution is 2.37. The molecule has 0 spiro atoms. The number of hydrogen-bond donors (Lipinski definition) is 2. The number of amides is 2. The van der Waals surface area contributed by atoms with Crippen LogP contribution in [0.25, 0.3) is 0 Å². The first kappa shape index (κ1) is 14.8. The van der Waals surface area contributed by atoms with Gasteiger partial charge in [0.05, 0.1) is 5.41 Å². The van der Waals surface area contributed by atoms with E-state index in [1.54, 1.807) is 4.90 Å². The number of rotatable bonds is 2. The summed E-state index contributed by atoms with van der Waals surface area (Å²) in [5.74, 6) is -0.00235. The molecule has 2 amide bonds. The van der Waals surface area contributed by atoms with Crippen LogP contribution in [-0.2, 0) is 21.6 Å². The van der Waals surface area contributed by atoms with Crippen LogP contribution in [0.5, 0.6) is 0 Å². The van der Waals surface area contributed by atoms with Gasteiger partial charge < -0.3 is 20.3 Å². The van der Waals surface area contributed by atoms with Crippen molar-refractivity contribution in [1.29, 1.82) is 0 Å². The second-order valence-corrected chi connectivity index (χ2v) is 6.25. The fraction of sp³-hybridized carbons (Fsp3) is 0.500. The molecule has 0 radical (unpaired) electrons. The largest absolute Gasteiger partial charge is 0.445 e. The number of piperazine rings is 1. The highest BCUT2D eigenvalue weighted by atomic mass is 16.6. The van der Waals surface area contributed by atoms with Gasteiger partial charge in [-0.15, -0.1) is 0 Å². The predicted octanol–water partition coefficient (Wildman–Crippen LogP) is 1.46. The molecular weight excluding hydrogens is 282 g/mol. The zero-order valence-corrected chi connectivity index (χ0v) is 12.9. The summed E-state index contributed by atoms with van der Waals surface area (Å²) in [6, 6.07) is 5.69. The maximum Gasteiger partial charge on any atom is 0.410 e. The smallest absolute Gasteiger partial charge is 0.410 e. The van der Waals surface area contributed by atoms with Gasteiger partial charge in [0.25, 0.3) is 0 Å². The van der Waals surface area contributed by atoms with Crippen molar-refractivity contribution in [3.05, 3.63) is 29.3 Å². The van der Waals surface area contributed by atoms with Crippen molar-refractivity contribution in [3.63, 3.8) is 0 Å². The van der Waals surface area contributed by atoms with Crippen molar-refractivity contribution in [2.24, 2.45) is 0 Å². The van der Waals surface area contributed by atoms with E-state index in [2.05, 4.69) is 10.6 Å². The van der Waals surface area contributed by atoms with E-state index in [0.29, 0.717) is 13.1 Å². The van der Waals surface area contributed by atoms with Gasteiger partial charge in [-0.2, -0.15) is 0 Å². The van der Waals surface area contributed by atoms with E-state index < -0.39 is 5.41 Å². The second kappa shape index (κ2) is 5.61. The van der Waals surface area contributed by atoms with Crippen LogP contribution in [0.15, 0.2) is 18.2 Å². The Kier molecular flexibility index (Phi) is 3.78. The van der Waals surface area contributed by atoms with E-state index in [1.165, 1.54) is 0 Å². The van der Waals surface area contributed by atoms with E-state index in [1.807, 2.05) is 32.0 Å². The molecule has 6 nitrogen and oxygen atoms in total. The molecule has 6 heteroatoms. The minimum atomic E-state index is -0.548. The zero-order chi connectivity index (χ0) is 15.7. The summed E-state index contributed by atoms with van der Waals surface area (Å²) in [5.41, 5.74) is 2.14. The highest BCUT2D eigenvalue weighted by Gasteiger charge is 2.38. The van der Waals surface area contributed by atoms with Crippen LogP contribution in [0.3, 0.4) is 0 Å². The molecule has 22 heavy (non-hydrogen) atoms. The molecule has 1 fully saturated rings. The molecule has 1 aromatic carbocycles. The third kappa shape index (κ3) is 2.66. The van der Waals surface area contributed by atoms with Crippen LogP contribution in [0.1, 0.15) is 25.0 Å². The molecule has 0 atom stereocenters. The summed E-state index contributed by atoms with van der Waals surface area (Å²) in [6.45, 7) is 6.96. The van der Waals surface area contributed by atoms with Crippen LogP contribution >= 0.6 is 0 Å². The van der Waals surface area contributed by atoms with Gasteiger partial charge in [-0.25, -0.2) is 4.79 Å². The third-order valence-corrected chi connectivity index (χ3v) is 4.31. The van der Waals surface area contributed by atoms with Gasteiger partial charge in [0, 0.05) is 31.9 Å². The fourth-order valence-electron chi connectivity index (χ4n) is 2.79. The lowest BCUT2D eigenvalue weighted by molar-refractivity contribution is -0.119. The Morgan fingerprint density at radius 2 is 2.05 bits per heavy atom. The average Bonchev–Trinajstić information content (AvgIpc) is 2.75. The van der Waals surface area contributed by atoms with Crippen molar-refractivity contribution < 1.29 is 14.3 Å². The van der Waals surface area contributed by atoms with Crippen LogP contribution in [0.4, 0.5) is 10.5 Å². The molecule has 0 unspecified atom stereocenters. The standard InChI is InChI=1S/C16H21N3O3/c1-16(2)12-9-11(3-4-13(12)18-14(16)20)10-22-15(21)19-7-5-17-6-8-19/h3-4,9,17H,5-8,10H2,1-2H3,(H,18,20). The number of benzene rings is 1. The molecule has 0 aliphatic carbocycles. The minimum Gasteiger partial charge on any atom is -0.445 e. The predicted molar refractivity (Wildman–Crippen MR) is 82.7 cm³/mol. The lowest BCUT2D eigenvalue weighted by Gasteiger charge is -2.26. The van der Waals surface area contributed by atoms with E-state index in [0.717, 1.165) is 29.9 Å². The number of nitrogens with one attached hydrogen (secondary N) is 2. The number of fused-ring (bicyclic) bond motifs is 1. The summed E-state index contributed by atoms with van der Waals surface area (Å²) < 4.78 is 5.38. The summed E-state index contributed by atoms with van der Waals surface area (Å²) in [6.07, 6.45) is -0.282. The number of ether oxygens (including phenoxy) is 1. The van der Waals surface area contributed by atoms with Gasteiger partial charge in [0.1, 0.15) is 6.61 Å². The molecule has 3 rings (SSSR count). The molecule has 1 saturated heterocycles. The summed E-state index contributed by atoms with van der Waals surface area (Å²) >= 11 is 0. The van der Waals surface area contributed by atoms with Crippen LogP contribution in [0.2, 0.25) is 0 Å². The van der Waals surface area contributed by atoms with Gasteiger partial charge in [-0.3, -0.25) is 4.79 Å². The molecule has 2 heterocycles. The fourth-order valence-corrected chi connectivity index (χ4v) is 2.79. The van der Waals surface area contributed by atoms with Gasteiger partial charge in [0.2, 0.25) is 5.91 Å². The van der Waals surface area contributed by atoms with Crippen molar-refractivity contribution in [1.82, 2.24) is 10.2 Å². The summed E-state index contributed by atoms with van der Waals surface area (Å²) in [4.78, 5) is 25.6. The molecule has 2 aliphatic rings. The van der Waals surface area contributed by atoms with Crippen molar-refractivity contribution in [2.75, 3.05) is 31.5 Å². The van der Waals surface area contributed by atoms with Gasteiger partial charge >= 0.3 is 6.09 Å². The first-order valence-corrected chi connectivity index (χ1v) is 7.56. The maximum absolute atomic E-state index is 12.0. The third-order valence-electron chi connectivity index (χ3n) is 4.31. The topological polar surface area (TPSA) is 70.7 Å². The van der Waals surface area contributed by atoms with Gasteiger partial charge in [-0.05, 0) is 37.1 Å². The maximum atomic E-state index is 12.0. The van der Waals surface area contributed by atoms with Crippen molar-refractivity contribution in [3.8, 4) is 0 Å². The molecule has 0 aromatic heterocycles. The van der Waals surface area contributed by atoms with Gasteiger partial charge in [-0.1, -0.05) is 6.07 Å². The Hall–Kier alpha value is -2.08. The van der Waals surface area contributed by atoms with Crippen LogP contribution in [-0.4, -0.2) is 43.1 Å². The number of carbonyl (C=O) groups excluding carboxylic acids is 2. The first-order valence-electron chi connectivity index (χ1n) is 7.56. The van der Waals surface area contributed by atoms with E-state index >= 15 is 0 Å². The molecule has 1 aromatic rings. The van der Waals surface area contributed by atoms with Gasteiger partial charge in [0.15, 0.2) is 0 Å². The Morgan fingerprint density at radius 1 is 1.32 bits per heavy atom. The lowest BCUT2D eigenvalue weighted by atomic mass is 9.85. The average molecular weight is 303 g/mol. The number of nitrogens with zero attached hydrogens (tertiary/aromatic N) is 1. The SMILES string of the molecule is CC1(C)C(=O)Nc2ccc(COC(=O)N3CCNCC3)cc21. The Balaban J connectivity index is 1.66. The molecule has 118 valence electrons. The van der Waals surface area contributed by atoms with Crippen molar-refractivity contribution >= 4 is 17.7 Å².